The van der Waals surface area contributed by atoms with Crippen LogP contribution in [0.15, 0.2) is 53.4 Å². The normalized spacial score (nSPS) is 21.2. The van der Waals surface area contributed by atoms with Gasteiger partial charge in [0.1, 0.15) is 18.0 Å². The molecule has 6 nitrogen and oxygen atoms in total. The molecule has 0 aliphatic carbocycles. The molecule has 2 atom stereocenters. The van der Waals surface area contributed by atoms with E-state index in [-0.39, 0.29) is 18.0 Å². The van der Waals surface area contributed by atoms with E-state index in [4.69, 9.17) is 4.74 Å². The van der Waals surface area contributed by atoms with Crippen molar-refractivity contribution in [3.8, 4) is 5.75 Å². The molecule has 0 amide bonds. The number of carbonyl (C=O) groups excluding carboxylic acids is 1. The van der Waals surface area contributed by atoms with Crippen molar-refractivity contribution in [1.82, 2.24) is 4.31 Å². The summed E-state index contributed by atoms with van der Waals surface area (Å²) in [5, 5.41) is 10.2. The summed E-state index contributed by atoms with van der Waals surface area (Å²) < 4.78 is 32.3. The number of hydrogen-bond donors (Lipinski definition) is 1. The third-order valence-corrected chi connectivity index (χ3v) is 6.03. The number of sulfonamides is 1. The van der Waals surface area contributed by atoms with Gasteiger partial charge in [-0.15, -0.1) is 0 Å². The van der Waals surface area contributed by atoms with Crippen LogP contribution >= 0.6 is 0 Å². The maximum absolute atomic E-state index is 12.7. The van der Waals surface area contributed by atoms with Crippen molar-refractivity contribution in [2.45, 2.75) is 24.0 Å². The highest BCUT2D eigenvalue weighted by Crippen LogP contribution is 2.26. The smallest absolute Gasteiger partial charge is 0.243 e. The van der Waals surface area contributed by atoms with Crippen molar-refractivity contribution >= 4 is 16.3 Å². The SMILES string of the molecule is Cc1ccc(S(=O)(=O)N2CC(O)C(Oc3ccccc3C=O)C2)cc1. The van der Waals surface area contributed by atoms with Gasteiger partial charge in [-0.2, -0.15) is 4.31 Å². The second-order valence-electron chi connectivity index (χ2n) is 6.01. The van der Waals surface area contributed by atoms with E-state index < -0.39 is 22.2 Å². The molecule has 1 aliphatic heterocycles. The van der Waals surface area contributed by atoms with Crippen LogP contribution in [0, 0.1) is 6.92 Å². The first-order valence-electron chi connectivity index (χ1n) is 7.87. The van der Waals surface area contributed by atoms with Crippen LogP contribution in [0.25, 0.3) is 0 Å². The lowest BCUT2D eigenvalue weighted by Crippen LogP contribution is -2.31. The number of hydrogen-bond acceptors (Lipinski definition) is 5. The van der Waals surface area contributed by atoms with Crippen molar-refractivity contribution in [3.05, 3.63) is 59.7 Å². The van der Waals surface area contributed by atoms with Gasteiger partial charge in [-0.05, 0) is 31.2 Å². The number of carbonyl (C=O) groups is 1. The van der Waals surface area contributed by atoms with Crippen molar-refractivity contribution in [3.63, 3.8) is 0 Å². The Balaban J connectivity index is 1.79. The number of benzene rings is 2. The number of aryl methyl sites for hydroxylation is 1. The minimum Gasteiger partial charge on any atom is -0.486 e. The van der Waals surface area contributed by atoms with E-state index in [1.165, 1.54) is 4.31 Å². The average molecular weight is 361 g/mol. The van der Waals surface area contributed by atoms with Gasteiger partial charge in [-0.1, -0.05) is 29.8 Å². The zero-order chi connectivity index (χ0) is 18.0. The third-order valence-electron chi connectivity index (χ3n) is 4.19. The van der Waals surface area contributed by atoms with Gasteiger partial charge in [0.05, 0.1) is 17.0 Å². The van der Waals surface area contributed by atoms with E-state index >= 15 is 0 Å². The van der Waals surface area contributed by atoms with E-state index in [1.807, 2.05) is 6.92 Å². The minimum atomic E-state index is -3.71. The second-order valence-corrected chi connectivity index (χ2v) is 7.95. The van der Waals surface area contributed by atoms with Crippen LogP contribution in [0.5, 0.6) is 5.75 Å². The van der Waals surface area contributed by atoms with E-state index in [9.17, 15) is 18.3 Å². The summed E-state index contributed by atoms with van der Waals surface area (Å²) in [4.78, 5) is 11.2. The molecule has 2 unspecified atom stereocenters. The van der Waals surface area contributed by atoms with Gasteiger partial charge in [0.2, 0.25) is 10.0 Å². The number of rotatable bonds is 5. The molecular formula is C18H19NO5S. The Morgan fingerprint density at radius 1 is 1.12 bits per heavy atom. The molecule has 7 heteroatoms. The Morgan fingerprint density at radius 3 is 2.48 bits per heavy atom. The van der Waals surface area contributed by atoms with Crippen LogP contribution in [0.1, 0.15) is 15.9 Å². The molecule has 1 heterocycles. The predicted molar refractivity (Wildman–Crippen MR) is 92.2 cm³/mol. The van der Waals surface area contributed by atoms with Gasteiger partial charge in [-0.25, -0.2) is 8.42 Å². The standard InChI is InChI=1S/C18H19NO5S/c1-13-6-8-15(9-7-13)25(22,23)19-10-16(21)18(11-19)24-17-5-3-2-4-14(17)12-20/h2-9,12,16,18,21H,10-11H2,1H3. The van der Waals surface area contributed by atoms with Gasteiger partial charge >= 0.3 is 0 Å². The summed E-state index contributed by atoms with van der Waals surface area (Å²) in [7, 11) is -3.71. The van der Waals surface area contributed by atoms with Crippen LogP contribution in [-0.4, -0.2) is 49.4 Å². The molecular weight excluding hydrogens is 342 g/mol. The first-order valence-corrected chi connectivity index (χ1v) is 9.31. The van der Waals surface area contributed by atoms with Crippen molar-refractivity contribution < 1.29 is 23.1 Å². The molecule has 3 rings (SSSR count). The fourth-order valence-corrected chi connectivity index (χ4v) is 4.21. The minimum absolute atomic E-state index is 0.0184. The highest BCUT2D eigenvalue weighted by Gasteiger charge is 2.40. The van der Waals surface area contributed by atoms with Crippen LogP contribution in [0.2, 0.25) is 0 Å². The number of aldehydes is 1. The number of aliphatic hydroxyl groups excluding tert-OH is 1. The van der Waals surface area contributed by atoms with E-state index in [0.717, 1.165) is 5.56 Å². The van der Waals surface area contributed by atoms with Gasteiger partial charge in [0.25, 0.3) is 0 Å². The van der Waals surface area contributed by atoms with E-state index in [2.05, 4.69) is 0 Å². The van der Waals surface area contributed by atoms with Crippen molar-refractivity contribution in [2.75, 3.05) is 13.1 Å². The van der Waals surface area contributed by atoms with E-state index in [1.54, 1.807) is 48.5 Å². The van der Waals surface area contributed by atoms with Crippen LogP contribution in [0.4, 0.5) is 0 Å². The molecule has 2 aromatic rings. The molecule has 0 radical (unpaired) electrons. The summed E-state index contributed by atoms with van der Waals surface area (Å²) in [6.45, 7) is 1.85. The molecule has 1 aliphatic rings. The van der Waals surface area contributed by atoms with Gasteiger partial charge in [-0.3, -0.25) is 4.79 Å². The molecule has 0 bridgehead atoms. The zero-order valence-corrected chi connectivity index (χ0v) is 14.5. The average Bonchev–Trinajstić information content (AvgIpc) is 2.97. The highest BCUT2D eigenvalue weighted by atomic mass is 32.2. The molecule has 0 spiro atoms. The molecule has 0 saturated carbocycles. The lowest BCUT2D eigenvalue weighted by atomic mass is 10.2. The summed E-state index contributed by atoms with van der Waals surface area (Å²) in [6.07, 6.45) is -1.04. The number of β-amino-alcohol motifs (C(OH)–C–C–N with tert-alkyl or cyclic N) is 1. The predicted octanol–water partition coefficient (Wildman–Crippen LogP) is 1.62. The fourth-order valence-electron chi connectivity index (χ4n) is 2.74. The van der Waals surface area contributed by atoms with E-state index in [0.29, 0.717) is 17.6 Å². The first-order chi connectivity index (χ1) is 11.9. The highest BCUT2D eigenvalue weighted by molar-refractivity contribution is 7.89. The lowest BCUT2D eigenvalue weighted by Gasteiger charge is -2.18. The number of para-hydroxylation sites is 1. The lowest BCUT2D eigenvalue weighted by molar-refractivity contribution is 0.0728. The summed E-state index contributed by atoms with van der Waals surface area (Å²) >= 11 is 0. The first kappa shape index (κ1) is 17.6. The summed E-state index contributed by atoms with van der Waals surface area (Å²) in [6, 6.07) is 13.2. The fraction of sp³-hybridized carbons (Fsp3) is 0.278. The maximum Gasteiger partial charge on any atom is 0.243 e. The molecule has 1 N–H and O–H groups in total. The van der Waals surface area contributed by atoms with Crippen LogP contribution < -0.4 is 4.74 Å². The quantitative estimate of drug-likeness (QED) is 0.818. The van der Waals surface area contributed by atoms with Crippen molar-refractivity contribution in [1.29, 1.82) is 0 Å². The number of nitrogens with zero attached hydrogens (tertiary/aromatic N) is 1. The van der Waals surface area contributed by atoms with Gasteiger partial charge in [0, 0.05) is 6.54 Å². The van der Waals surface area contributed by atoms with Gasteiger partial charge < -0.3 is 9.84 Å². The summed E-state index contributed by atoms with van der Waals surface area (Å²) in [5.74, 6) is 0.330. The monoisotopic (exact) mass is 361 g/mol. The number of aliphatic hydroxyl groups is 1. The Hall–Kier alpha value is -2.22. The Kier molecular flexibility index (Phi) is 4.89. The summed E-state index contributed by atoms with van der Waals surface area (Å²) in [5.41, 5.74) is 1.32. The van der Waals surface area contributed by atoms with Gasteiger partial charge in [0.15, 0.2) is 6.29 Å². The molecule has 2 aromatic carbocycles. The topological polar surface area (TPSA) is 83.9 Å². The Morgan fingerprint density at radius 2 is 1.80 bits per heavy atom. The molecule has 25 heavy (non-hydrogen) atoms. The number of ether oxygens (including phenoxy) is 1. The second kappa shape index (κ2) is 6.95. The molecule has 132 valence electrons. The Labute approximate surface area is 146 Å². The van der Waals surface area contributed by atoms with Crippen molar-refractivity contribution in [2.24, 2.45) is 0 Å². The maximum atomic E-state index is 12.7. The van der Waals surface area contributed by atoms with Crippen LogP contribution in [-0.2, 0) is 10.0 Å². The molecule has 1 fully saturated rings. The van der Waals surface area contributed by atoms with Crippen LogP contribution in [0.3, 0.4) is 0 Å². The third kappa shape index (κ3) is 3.58. The molecule has 0 aromatic heterocycles. The molecule has 1 saturated heterocycles. The zero-order valence-electron chi connectivity index (χ0n) is 13.7. The Bertz CT molecular complexity index is 863. The largest absolute Gasteiger partial charge is 0.486 e.